The van der Waals surface area contributed by atoms with E-state index in [2.05, 4.69) is 5.32 Å². The summed E-state index contributed by atoms with van der Waals surface area (Å²) in [7, 11) is -3.84. The van der Waals surface area contributed by atoms with Crippen LogP contribution in [0.25, 0.3) is 0 Å². The highest BCUT2D eigenvalue weighted by Gasteiger charge is 2.52. The number of amides is 1. The maximum absolute atomic E-state index is 12.4. The predicted octanol–water partition coefficient (Wildman–Crippen LogP) is 3.61. The minimum absolute atomic E-state index is 0.0372. The highest BCUT2D eigenvalue weighted by molar-refractivity contribution is 7.91. The Kier molecular flexibility index (Phi) is 6.59. The summed E-state index contributed by atoms with van der Waals surface area (Å²) in [4.78, 5) is 12.7. The number of anilines is 1. The van der Waals surface area contributed by atoms with Gasteiger partial charge >= 0.3 is 7.12 Å². The van der Waals surface area contributed by atoms with Crippen molar-refractivity contribution in [1.82, 2.24) is 0 Å². The Balaban J connectivity index is 1.66. The Labute approximate surface area is 189 Å². The first-order chi connectivity index (χ1) is 14.3. The molecule has 0 atom stereocenters. The van der Waals surface area contributed by atoms with Crippen molar-refractivity contribution in [1.29, 1.82) is 0 Å². The molecule has 9 heteroatoms. The number of halogens is 1. The molecular weight excluding hydrogens is 437 g/mol. The lowest BCUT2D eigenvalue weighted by atomic mass is 9.79. The van der Waals surface area contributed by atoms with E-state index < -0.39 is 28.2 Å². The molecule has 0 radical (unpaired) electrons. The van der Waals surface area contributed by atoms with Gasteiger partial charge in [-0.3, -0.25) is 4.79 Å². The highest BCUT2D eigenvalue weighted by atomic mass is 35.5. The number of carbonyl (C=O) groups is 1. The molecule has 0 unspecified atom stereocenters. The lowest BCUT2D eigenvalue weighted by molar-refractivity contribution is -0.115. The van der Waals surface area contributed by atoms with Gasteiger partial charge in [0.25, 0.3) is 0 Å². The highest BCUT2D eigenvalue weighted by Crippen LogP contribution is 2.37. The smallest absolute Gasteiger partial charge is 0.399 e. The van der Waals surface area contributed by atoms with Crippen molar-refractivity contribution in [3.63, 3.8) is 0 Å². The van der Waals surface area contributed by atoms with Crippen LogP contribution in [0.4, 0.5) is 5.69 Å². The average Bonchev–Trinajstić information content (AvgIpc) is 2.89. The van der Waals surface area contributed by atoms with Gasteiger partial charge in [0.05, 0.1) is 28.3 Å². The normalized spacial score (nSPS) is 17.5. The quantitative estimate of drug-likeness (QED) is 0.662. The van der Waals surface area contributed by atoms with Crippen molar-refractivity contribution in [3.05, 3.63) is 53.1 Å². The van der Waals surface area contributed by atoms with E-state index in [1.807, 2.05) is 27.7 Å². The molecule has 166 valence electrons. The molecule has 1 heterocycles. The fraction of sp³-hybridized carbons (Fsp3) is 0.409. The first-order valence-electron chi connectivity index (χ1n) is 10.1. The molecule has 0 bridgehead atoms. The van der Waals surface area contributed by atoms with Crippen LogP contribution in [0.15, 0.2) is 47.4 Å². The fourth-order valence-corrected chi connectivity index (χ4v) is 4.29. The van der Waals surface area contributed by atoms with Gasteiger partial charge in [-0.05, 0) is 57.5 Å². The molecule has 1 aliphatic rings. The number of hydrogen-bond donors (Lipinski definition) is 1. The lowest BCUT2D eigenvalue weighted by Crippen LogP contribution is -2.41. The van der Waals surface area contributed by atoms with Crippen LogP contribution in [-0.2, 0) is 30.4 Å². The maximum Gasteiger partial charge on any atom is 0.496 e. The van der Waals surface area contributed by atoms with E-state index in [0.29, 0.717) is 21.7 Å². The third kappa shape index (κ3) is 5.14. The SMILES string of the molecule is CCS(=O)(=O)c1ccc(CC(=O)Nc2ccc(B3OC(C)(C)C(C)(C)O3)c(Cl)c2)cc1. The molecule has 31 heavy (non-hydrogen) atoms. The standard InChI is InChI=1S/C22H27BClNO5S/c1-6-31(27,28)17-10-7-15(8-11-17)13-20(26)25-16-9-12-18(19(24)14-16)23-29-21(2,3)22(4,5)30-23/h7-12,14H,6,13H2,1-5H3,(H,25,26). The zero-order chi connectivity index (χ0) is 23.0. The fourth-order valence-electron chi connectivity index (χ4n) is 3.14. The van der Waals surface area contributed by atoms with Gasteiger partial charge in [0.15, 0.2) is 9.84 Å². The van der Waals surface area contributed by atoms with Gasteiger partial charge in [0.1, 0.15) is 0 Å². The van der Waals surface area contributed by atoms with Crippen LogP contribution in [0.2, 0.25) is 5.02 Å². The molecule has 2 aromatic rings. The zero-order valence-corrected chi connectivity index (χ0v) is 19.9. The van der Waals surface area contributed by atoms with Gasteiger partial charge in [-0.1, -0.05) is 36.7 Å². The Morgan fingerprint density at radius 2 is 1.61 bits per heavy atom. The first-order valence-corrected chi connectivity index (χ1v) is 12.1. The van der Waals surface area contributed by atoms with Crippen LogP contribution < -0.4 is 10.8 Å². The predicted molar refractivity (Wildman–Crippen MR) is 124 cm³/mol. The number of sulfone groups is 1. The van der Waals surface area contributed by atoms with Crippen LogP contribution in [0.5, 0.6) is 0 Å². The summed E-state index contributed by atoms with van der Waals surface area (Å²) < 4.78 is 35.9. The van der Waals surface area contributed by atoms with E-state index in [4.69, 9.17) is 20.9 Å². The Bertz CT molecular complexity index is 1070. The summed E-state index contributed by atoms with van der Waals surface area (Å²) in [5, 5.41) is 3.25. The number of nitrogens with one attached hydrogen (secondary N) is 1. The number of carbonyl (C=O) groups excluding carboxylic acids is 1. The minimum atomic E-state index is -3.26. The summed E-state index contributed by atoms with van der Waals surface area (Å²) in [5.74, 6) is -0.194. The largest absolute Gasteiger partial charge is 0.496 e. The van der Waals surface area contributed by atoms with E-state index in [-0.39, 0.29) is 23.0 Å². The lowest BCUT2D eigenvalue weighted by Gasteiger charge is -2.32. The molecule has 0 aliphatic carbocycles. The van der Waals surface area contributed by atoms with Gasteiger partial charge in [0.2, 0.25) is 5.91 Å². The molecule has 1 aliphatic heterocycles. The van der Waals surface area contributed by atoms with E-state index in [1.54, 1.807) is 37.3 Å². The van der Waals surface area contributed by atoms with Crippen molar-refractivity contribution in [2.75, 3.05) is 11.1 Å². The van der Waals surface area contributed by atoms with Crippen molar-refractivity contribution in [2.45, 2.75) is 57.1 Å². The topological polar surface area (TPSA) is 81.7 Å². The van der Waals surface area contributed by atoms with E-state index in [9.17, 15) is 13.2 Å². The first kappa shape index (κ1) is 23.8. The van der Waals surface area contributed by atoms with Gasteiger partial charge < -0.3 is 14.6 Å². The van der Waals surface area contributed by atoms with Crippen LogP contribution in [0.1, 0.15) is 40.2 Å². The Morgan fingerprint density at radius 3 is 2.13 bits per heavy atom. The number of rotatable bonds is 6. The zero-order valence-electron chi connectivity index (χ0n) is 18.4. The number of hydrogen-bond acceptors (Lipinski definition) is 5. The van der Waals surface area contributed by atoms with Gasteiger partial charge in [-0.15, -0.1) is 0 Å². The van der Waals surface area contributed by atoms with Crippen LogP contribution in [0.3, 0.4) is 0 Å². The molecular formula is C22H27BClNO5S. The Hall–Kier alpha value is -1.87. The maximum atomic E-state index is 12.4. The molecule has 6 nitrogen and oxygen atoms in total. The molecule has 2 aromatic carbocycles. The molecule has 1 fully saturated rings. The molecule has 3 rings (SSSR count). The molecule has 1 saturated heterocycles. The van der Waals surface area contributed by atoms with Crippen LogP contribution in [0, 0.1) is 0 Å². The summed E-state index contributed by atoms with van der Waals surface area (Å²) in [5.41, 5.74) is 1.03. The number of benzene rings is 2. The molecule has 1 N–H and O–H groups in total. The van der Waals surface area contributed by atoms with Gasteiger partial charge in [0, 0.05) is 16.2 Å². The van der Waals surface area contributed by atoms with E-state index in [1.165, 1.54) is 12.1 Å². The average molecular weight is 464 g/mol. The van der Waals surface area contributed by atoms with Crippen LogP contribution in [-0.4, -0.2) is 38.4 Å². The second kappa shape index (κ2) is 8.58. The van der Waals surface area contributed by atoms with E-state index in [0.717, 1.165) is 0 Å². The van der Waals surface area contributed by atoms with Crippen LogP contribution >= 0.6 is 11.6 Å². The van der Waals surface area contributed by atoms with Gasteiger partial charge in [-0.25, -0.2) is 8.42 Å². The molecule has 0 spiro atoms. The minimum Gasteiger partial charge on any atom is -0.399 e. The second-order valence-corrected chi connectivity index (χ2v) is 11.3. The molecule has 0 aromatic heterocycles. The second-order valence-electron chi connectivity index (χ2n) is 8.60. The summed E-state index contributed by atoms with van der Waals surface area (Å²) in [6.45, 7) is 9.48. The van der Waals surface area contributed by atoms with Crippen molar-refractivity contribution < 1.29 is 22.5 Å². The summed E-state index contributed by atoms with van der Waals surface area (Å²) >= 11 is 6.44. The van der Waals surface area contributed by atoms with Crippen molar-refractivity contribution in [3.8, 4) is 0 Å². The monoisotopic (exact) mass is 463 g/mol. The summed E-state index contributed by atoms with van der Waals surface area (Å²) in [6.07, 6.45) is 0.114. The molecule has 1 amide bonds. The van der Waals surface area contributed by atoms with Gasteiger partial charge in [-0.2, -0.15) is 0 Å². The van der Waals surface area contributed by atoms with E-state index >= 15 is 0 Å². The Morgan fingerprint density at radius 1 is 1.03 bits per heavy atom. The molecule has 0 saturated carbocycles. The third-order valence-electron chi connectivity index (χ3n) is 5.82. The third-order valence-corrected chi connectivity index (χ3v) is 7.90. The summed E-state index contributed by atoms with van der Waals surface area (Å²) in [6, 6.07) is 11.5. The van der Waals surface area contributed by atoms with Crippen molar-refractivity contribution >= 4 is 45.6 Å². The van der Waals surface area contributed by atoms with Crippen molar-refractivity contribution in [2.24, 2.45) is 0 Å².